The Morgan fingerprint density at radius 2 is 2.62 bits per heavy atom. The van der Waals surface area contributed by atoms with Gasteiger partial charge < -0.3 is 0 Å². The second-order valence-electron chi connectivity index (χ2n) is 0.789. The van der Waals surface area contributed by atoms with E-state index in [-0.39, 0.29) is 0 Å². The Balaban J connectivity index is 3.11. The molecule has 0 aliphatic rings. The van der Waals surface area contributed by atoms with E-state index in [9.17, 15) is 4.79 Å². The predicted molar refractivity (Wildman–Crippen MR) is 23.6 cm³/mol. The molecule has 0 rings (SSSR count). The Kier molecular flexibility index (Phi) is 4.79. The van der Waals surface area contributed by atoms with Gasteiger partial charge in [0.15, 0.2) is 0 Å². The van der Waals surface area contributed by atoms with Gasteiger partial charge in [0, 0.05) is 0 Å². The van der Waals surface area contributed by atoms with Crippen molar-refractivity contribution in [2.24, 2.45) is 4.40 Å². The first kappa shape index (κ1) is 7.78. The summed E-state index contributed by atoms with van der Waals surface area (Å²) in [5.41, 5.74) is 0. The second kappa shape index (κ2) is 4.93. The van der Waals surface area contributed by atoms with Crippen LogP contribution in [0.15, 0.2) is 12.7 Å². The van der Waals surface area contributed by atoms with Crippen molar-refractivity contribution in [2.75, 3.05) is 0 Å². The van der Waals surface area contributed by atoms with Crippen LogP contribution < -0.4 is 8.55 Å². The van der Waals surface area contributed by atoms with Gasteiger partial charge in [0.25, 0.3) is 0 Å². The third-order valence-electron chi connectivity index (χ3n) is 0.341. The van der Waals surface area contributed by atoms with Crippen molar-refractivity contribution in [2.45, 2.75) is 0 Å². The second-order valence-corrected chi connectivity index (χ2v) is 1.97. The van der Waals surface area contributed by atoms with Gasteiger partial charge in [-0.25, -0.2) is 0 Å². The number of rotatable bonds is 3. The van der Waals surface area contributed by atoms with Crippen LogP contribution >= 0.6 is 0 Å². The number of carbonyl (C=O) groups is 1. The van der Waals surface area contributed by atoms with Gasteiger partial charge >= 0.3 is 55.0 Å². The molecule has 0 aromatic heterocycles. The SMILES string of the molecule is C=CC(=O)O[NH][Ir][NH2]. The van der Waals surface area contributed by atoms with Crippen LogP contribution in [0.1, 0.15) is 0 Å². The van der Waals surface area contributed by atoms with Gasteiger partial charge in [-0.05, 0) is 0 Å². The van der Waals surface area contributed by atoms with E-state index in [1.54, 1.807) is 0 Å². The average molecular weight is 294 g/mol. The fraction of sp³-hybridized carbons (Fsp3) is 0. The van der Waals surface area contributed by atoms with Crippen LogP contribution in [0.5, 0.6) is 0 Å². The normalized spacial score (nSPS) is 8.62. The third-order valence-corrected chi connectivity index (χ3v) is 0.867. The molecule has 0 saturated carbocycles. The molecule has 0 atom stereocenters. The Morgan fingerprint density at radius 3 is 3.00 bits per heavy atom. The zero-order valence-electron chi connectivity index (χ0n) is 4.01. The van der Waals surface area contributed by atoms with E-state index in [1.807, 2.05) is 0 Å². The Morgan fingerprint density at radius 1 is 2.00 bits per heavy atom. The summed E-state index contributed by atoms with van der Waals surface area (Å²) < 4.78 is 7.31. The monoisotopic (exact) mass is 295 g/mol. The first-order valence-electron chi connectivity index (χ1n) is 1.67. The first-order valence-corrected chi connectivity index (χ1v) is 4.25. The van der Waals surface area contributed by atoms with Crippen LogP contribution in [0.4, 0.5) is 0 Å². The molecule has 0 aliphatic carbocycles. The topological polar surface area (TPSA) is 64.3 Å². The maximum absolute atomic E-state index is 10.1. The zero-order valence-corrected chi connectivity index (χ0v) is 6.41. The van der Waals surface area contributed by atoms with Crippen molar-refractivity contribution in [1.29, 1.82) is 0 Å². The Hall–Kier alpha value is -0.221. The molecule has 0 aliphatic heterocycles. The fourth-order valence-electron chi connectivity index (χ4n) is 0.0948. The molecule has 0 spiro atoms. The van der Waals surface area contributed by atoms with Crippen LogP contribution in [0.3, 0.4) is 0 Å². The quantitative estimate of drug-likeness (QED) is 0.523. The van der Waals surface area contributed by atoms with Crippen molar-refractivity contribution in [3.63, 3.8) is 0 Å². The predicted octanol–water partition coefficient (Wildman–Crippen LogP) is -0.909. The molecule has 0 amide bonds. The van der Waals surface area contributed by atoms with Crippen LogP contribution in [-0.4, -0.2) is 5.97 Å². The van der Waals surface area contributed by atoms with E-state index in [0.717, 1.165) is 6.08 Å². The fourth-order valence-corrected chi connectivity index (χ4v) is 0.477. The summed E-state index contributed by atoms with van der Waals surface area (Å²) in [7, 11) is 0. The van der Waals surface area contributed by atoms with Crippen molar-refractivity contribution < 1.29 is 27.8 Å². The number of carbonyl (C=O) groups excluding carboxylic acids is 1. The molecular weight excluding hydrogens is 288 g/mol. The molecule has 0 aromatic rings. The van der Waals surface area contributed by atoms with Gasteiger partial charge in [0.05, 0.1) is 0 Å². The third kappa shape index (κ3) is 3.95. The van der Waals surface area contributed by atoms with Gasteiger partial charge in [-0.3, -0.25) is 0 Å². The Bertz CT molecular complexity index is 95.3. The molecule has 0 saturated heterocycles. The number of hydrogen-bond acceptors (Lipinski definition) is 4. The molecule has 4 nitrogen and oxygen atoms in total. The average Bonchev–Trinajstić information content (AvgIpc) is 1.83. The summed E-state index contributed by atoms with van der Waals surface area (Å²) in [6.07, 6.45) is 1.06. The van der Waals surface area contributed by atoms with Crippen LogP contribution in [-0.2, 0) is 27.8 Å². The molecule has 8 heavy (non-hydrogen) atoms. The molecule has 0 heterocycles. The summed E-state index contributed by atoms with van der Waals surface area (Å²) in [5, 5.41) is 0. The molecule has 5 heteroatoms. The summed E-state index contributed by atoms with van der Waals surface area (Å²) in [4.78, 5) is 14.4. The van der Waals surface area contributed by atoms with Crippen molar-refractivity contribution in [3.05, 3.63) is 12.7 Å². The molecule has 0 radical (unpaired) electrons. The van der Waals surface area contributed by atoms with Crippen molar-refractivity contribution in [3.8, 4) is 0 Å². The minimum absolute atomic E-state index is 0.501. The summed E-state index contributed by atoms with van der Waals surface area (Å²) >= 11 is -0.780. The molecule has 0 bridgehead atoms. The van der Waals surface area contributed by atoms with Crippen LogP contribution in [0, 0.1) is 0 Å². The number of nitrogens with one attached hydrogen (secondary N) is 1. The number of hydrogen-bond donors (Lipinski definition) is 2. The maximum atomic E-state index is 10.1. The first-order chi connectivity index (χ1) is 3.81. The summed E-state index contributed by atoms with van der Waals surface area (Å²) in [5.74, 6) is -0.501. The molecule has 0 aromatic carbocycles. The van der Waals surface area contributed by atoms with E-state index in [0.29, 0.717) is 0 Å². The molecule has 49 valence electrons. The van der Waals surface area contributed by atoms with E-state index in [2.05, 4.69) is 15.6 Å². The van der Waals surface area contributed by atoms with Gasteiger partial charge in [0.1, 0.15) is 0 Å². The summed E-state index contributed by atoms with van der Waals surface area (Å²) in [6.45, 7) is 3.17. The standard InChI is InChI=1S/C3H4NO2.Ir.H2N/c1-2-3(5)6-4;;/h2,4H,1H2;;1H2/q-1;+2;-1. The molecule has 3 N–H and O–H groups in total. The van der Waals surface area contributed by atoms with Crippen LogP contribution in [0.2, 0.25) is 0 Å². The van der Waals surface area contributed by atoms with Crippen LogP contribution in [0.25, 0.3) is 0 Å². The van der Waals surface area contributed by atoms with E-state index < -0.39 is 24.1 Å². The van der Waals surface area contributed by atoms with Gasteiger partial charge in [0.2, 0.25) is 0 Å². The Labute approximate surface area is 55.5 Å². The van der Waals surface area contributed by atoms with E-state index >= 15 is 0 Å². The van der Waals surface area contributed by atoms with Gasteiger partial charge in [-0.1, -0.05) is 0 Å². The van der Waals surface area contributed by atoms with E-state index in [4.69, 9.17) is 4.40 Å². The van der Waals surface area contributed by atoms with E-state index in [1.165, 1.54) is 0 Å². The van der Waals surface area contributed by atoms with Crippen molar-refractivity contribution in [1.82, 2.24) is 4.15 Å². The van der Waals surface area contributed by atoms with Gasteiger partial charge in [-0.2, -0.15) is 0 Å². The molecule has 0 fully saturated rings. The molecule has 0 unspecified atom stereocenters. The number of nitrogens with two attached hydrogens (primary N) is 1. The minimum atomic E-state index is -0.780. The molecular formula is C3H6IrN2O2. The summed E-state index contributed by atoms with van der Waals surface area (Å²) in [6, 6.07) is 0. The zero-order chi connectivity index (χ0) is 6.41. The van der Waals surface area contributed by atoms with Gasteiger partial charge in [-0.15, -0.1) is 0 Å². The van der Waals surface area contributed by atoms with Crippen molar-refractivity contribution >= 4 is 5.97 Å².